The van der Waals surface area contributed by atoms with Crippen molar-refractivity contribution in [2.45, 2.75) is 46.8 Å². The average Bonchev–Trinajstić information content (AvgIpc) is 2.45. The van der Waals surface area contributed by atoms with E-state index in [9.17, 15) is 0 Å². The molecule has 2 aromatic rings. The summed E-state index contributed by atoms with van der Waals surface area (Å²) in [5.74, 6) is 0.895. The van der Waals surface area contributed by atoms with Crippen LogP contribution in [-0.4, -0.2) is 0 Å². The molecule has 0 aliphatic rings. The molecule has 0 amide bonds. The van der Waals surface area contributed by atoms with Gasteiger partial charge in [0, 0.05) is 11.6 Å². The Morgan fingerprint density at radius 1 is 1.05 bits per heavy atom. The molecule has 2 N–H and O–H groups in total. The van der Waals surface area contributed by atoms with Crippen LogP contribution in [0, 0.1) is 20.8 Å². The van der Waals surface area contributed by atoms with Gasteiger partial charge in [0.25, 0.3) is 0 Å². The molecule has 2 nitrogen and oxygen atoms in total. The Balaban J connectivity index is 2.21. The standard InChI is InChI=1S/C19H25NO/c1-5-18(20)16-8-6-7-9-19(16)21-12-17-14(3)10-13(2)11-15(17)4/h6-11,18H,5,12,20H2,1-4H3/t18-/m0/s1. The van der Waals surface area contributed by atoms with Crippen molar-refractivity contribution in [3.05, 3.63) is 64.2 Å². The third kappa shape index (κ3) is 3.64. The van der Waals surface area contributed by atoms with E-state index in [1.165, 1.54) is 22.3 Å². The number of benzene rings is 2. The van der Waals surface area contributed by atoms with Crippen molar-refractivity contribution in [2.24, 2.45) is 5.73 Å². The second-order valence-corrected chi connectivity index (χ2v) is 5.72. The highest BCUT2D eigenvalue weighted by Crippen LogP contribution is 2.27. The lowest BCUT2D eigenvalue weighted by Crippen LogP contribution is -2.11. The van der Waals surface area contributed by atoms with Crippen LogP contribution in [0.1, 0.15) is 47.2 Å². The molecule has 2 aromatic carbocycles. The molecule has 0 spiro atoms. The summed E-state index contributed by atoms with van der Waals surface area (Å²) in [6, 6.07) is 12.5. The highest BCUT2D eigenvalue weighted by Gasteiger charge is 2.11. The lowest BCUT2D eigenvalue weighted by molar-refractivity contribution is 0.299. The molecule has 2 heteroatoms. The van der Waals surface area contributed by atoms with Crippen molar-refractivity contribution in [3.63, 3.8) is 0 Å². The molecule has 112 valence electrons. The van der Waals surface area contributed by atoms with Crippen molar-refractivity contribution < 1.29 is 4.74 Å². The fraction of sp³-hybridized carbons (Fsp3) is 0.368. The van der Waals surface area contributed by atoms with Crippen LogP contribution < -0.4 is 10.5 Å². The van der Waals surface area contributed by atoms with E-state index in [1.54, 1.807) is 0 Å². The van der Waals surface area contributed by atoms with E-state index in [0.29, 0.717) is 6.61 Å². The molecule has 0 fully saturated rings. The van der Waals surface area contributed by atoms with Gasteiger partial charge in [-0.15, -0.1) is 0 Å². The molecule has 0 aliphatic carbocycles. The minimum absolute atomic E-state index is 0.0291. The first-order valence-electron chi connectivity index (χ1n) is 7.57. The van der Waals surface area contributed by atoms with Gasteiger partial charge in [0.2, 0.25) is 0 Å². The second-order valence-electron chi connectivity index (χ2n) is 5.72. The molecule has 0 radical (unpaired) electrons. The summed E-state index contributed by atoms with van der Waals surface area (Å²) < 4.78 is 6.07. The summed E-state index contributed by atoms with van der Waals surface area (Å²) in [4.78, 5) is 0. The first kappa shape index (κ1) is 15.6. The molecule has 0 saturated carbocycles. The van der Waals surface area contributed by atoms with Crippen LogP contribution in [0.3, 0.4) is 0 Å². The Labute approximate surface area is 127 Å². The van der Waals surface area contributed by atoms with E-state index < -0.39 is 0 Å². The molecule has 0 aromatic heterocycles. The summed E-state index contributed by atoms with van der Waals surface area (Å²) in [5, 5.41) is 0. The fourth-order valence-corrected chi connectivity index (χ4v) is 2.73. The van der Waals surface area contributed by atoms with E-state index in [1.807, 2.05) is 18.2 Å². The second kappa shape index (κ2) is 6.77. The monoisotopic (exact) mass is 283 g/mol. The first-order valence-corrected chi connectivity index (χ1v) is 7.57. The van der Waals surface area contributed by atoms with Crippen molar-refractivity contribution in [1.82, 2.24) is 0 Å². The van der Waals surface area contributed by atoms with E-state index in [2.05, 4.69) is 45.9 Å². The van der Waals surface area contributed by atoms with Crippen LogP contribution in [0.4, 0.5) is 0 Å². The van der Waals surface area contributed by atoms with Gasteiger partial charge in [-0.25, -0.2) is 0 Å². The molecular formula is C19H25NO. The van der Waals surface area contributed by atoms with Crippen LogP contribution in [0.25, 0.3) is 0 Å². The van der Waals surface area contributed by atoms with Crippen LogP contribution in [0.5, 0.6) is 5.75 Å². The summed E-state index contributed by atoms with van der Waals surface area (Å²) in [5.41, 5.74) is 12.4. The van der Waals surface area contributed by atoms with Gasteiger partial charge in [0.15, 0.2) is 0 Å². The number of para-hydroxylation sites is 1. The average molecular weight is 283 g/mol. The third-order valence-corrected chi connectivity index (χ3v) is 3.97. The number of rotatable bonds is 5. The zero-order chi connectivity index (χ0) is 15.4. The molecule has 1 atom stereocenters. The maximum atomic E-state index is 6.16. The number of hydrogen-bond acceptors (Lipinski definition) is 2. The smallest absolute Gasteiger partial charge is 0.124 e. The summed E-state index contributed by atoms with van der Waals surface area (Å²) in [6.07, 6.45) is 0.906. The summed E-state index contributed by atoms with van der Waals surface area (Å²) in [6.45, 7) is 9.09. The molecule has 21 heavy (non-hydrogen) atoms. The van der Waals surface area contributed by atoms with Crippen LogP contribution in [0.15, 0.2) is 36.4 Å². The topological polar surface area (TPSA) is 35.2 Å². The maximum Gasteiger partial charge on any atom is 0.124 e. The molecule has 0 heterocycles. The van der Waals surface area contributed by atoms with E-state index >= 15 is 0 Å². The van der Waals surface area contributed by atoms with Crippen molar-refractivity contribution in [3.8, 4) is 5.75 Å². The third-order valence-electron chi connectivity index (χ3n) is 3.97. The largest absolute Gasteiger partial charge is 0.489 e. The summed E-state index contributed by atoms with van der Waals surface area (Å²) in [7, 11) is 0. The molecule has 0 aliphatic heterocycles. The van der Waals surface area contributed by atoms with Crippen molar-refractivity contribution in [1.29, 1.82) is 0 Å². The molecule has 0 unspecified atom stereocenters. The Hall–Kier alpha value is -1.80. The number of nitrogens with two attached hydrogens (primary N) is 1. The predicted molar refractivity (Wildman–Crippen MR) is 88.6 cm³/mol. The molecule has 0 saturated heterocycles. The van der Waals surface area contributed by atoms with Crippen LogP contribution >= 0.6 is 0 Å². The molecule has 0 bridgehead atoms. The van der Waals surface area contributed by atoms with E-state index in [-0.39, 0.29) is 6.04 Å². The summed E-state index contributed by atoms with van der Waals surface area (Å²) >= 11 is 0. The minimum Gasteiger partial charge on any atom is -0.489 e. The van der Waals surface area contributed by atoms with Gasteiger partial charge in [-0.3, -0.25) is 0 Å². The Kier molecular flexibility index (Phi) is 5.03. The number of aryl methyl sites for hydroxylation is 3. The predicted octanol–water partition coefficient (Wildman–Crippen LogP) is 4.60. The van der Waals surface area contributed by atoms with Crippen molar-refractivity contribution in [2.75, 3.05) is 0 Å². The van der Waals surface area contributed by atoms with Gasteiger partial charge in [-0.05, 0) is 49.9 Å². The van der Waals surface area contributed by atoms with Gasteiger partial charge < -0.3 is 10.5 Å². The SMILES string of the molecule is CC[C@H](N)c1ccccc1OCc1c(C)cc(C)cc1C. The van der Waals surface area contributed by atoms with E-state index in [4.69, 9.17) is 10.5 Å². The van der Waals surface area contributed by atoms with Crippen LogP contribution in [-0.2, 0) is 6.61 Å². The van der Waals surface area contributed by atoms with Gasteiger partial charge in [0.05, 0.1) is 0 Å². The molecular weight excluding hydrogens is 258 g/mol. The minimum atomic E-state index is 0.0291. The first-order chi connectivity index (χ1) is 10.0. The van der Waals surface area contributed by atoms with Crippen molar-refractivity contribution >= 4 is 0 Å². The molecule has 2 rings (SSSR count). The van der Waals surface area contributed by atoms with E-state index in [0.717, 1.165) is 17.7 Å². The lowest BCUT2D eigenvalue weighted by Gasteiger charge is -2.17. The normalized spacial score (nSPS) is 12.2. The highest BCUT2D eigenvalue weighted by atomic mass is 16.5. The van der Waals surface area contributed by atoms with Gasteiger partial charge >= 0.3 is 0 Å². The lowest BCUT2D eigenvalue weighted by atomic mass is 10.0. The maximum absolute atomic E-state index is 6.16. The Morgan fingerprint density at radius 3 is 2.29 bits per heavy atom. The number of ether oxygens (including phenoxy) is 1. The quantitative estimate of drug-likeness (QED) is 0.870. The van der Waals surface area contributed by atoms with Gasteiger partial charge in [-0.2, -0.15) is 0 Å². The highest BCUT2D eigenvalue weighted by molar-refractivity contribution is 5.39. The number of hydrogen-bond donors (Lipinski definition) is 1. The zero-order valence-electron chi connectivity index (χ0n) is 13.4. The van der Waals surface area contributed by atoms with Gasteiger partial charge in [-0.1, -0.05) is 42.8 Å². The fourth-order valence-electron chi connectivity index (χ4n) is 2.73. The van der Waals surface area contributed by atoms with Gasteiger partial charge in [0.1, 0.15) is 12.4 Å². The Morgan fingerprint density at radius 2 is 1.67 bits per heavy atom. The Bertz CT molecular complexity index is 596. The zero-order valence-corrected chi connectivity index (χ0v) is 13.4. The van der Waals surface area contributed by atoms with Crippen LogP contribution in [0.2, 0.25) is 0 Å².